The number of methoxy groups -OCH3 is 1. The number of nitrogens with one attached hydrogen (secondary N) is 2. The molecule has 0 saturated heterocycles. The molecular weight excluding hydrogens is 322 g/mol. The predicted octanol–water partition coefficient (Wildman–Crippen LogP) is 1.02. The fraction of sp³-hybridized carbons (Fsp3) is 0.706. The number of carbonyl (C=O) groups is 2. The topological polar surface area (TPSA) is 88.5 Å². The van der Waals surface area contributed by atoms with Crippen molar-refractivity contribution >= 4 is 17.6 Å². The normalized spacial score (nSPS) is 14.8. The van der Waals surface area contributed by atoms with E-state index in [4.69, 9.17) is 4.74 Å². The third-order valence-electron chi connectivity index (χ3n) is 4.28. The average Bonchev–Trinajstić information content (AvgIpc) is 3.22. The summed E-state index contributed by atoms with van der Waals surface area (Å²) >= 11 is 0. The van der Waals surface area contributed by atoms with Crippen LogP contribution in [0, 0.1) is 0 Å². The Balaban J connectivity index is 1.72. The number of ether oxygens (including phenoxy) is 1. The van der Waals surface area contributed by atoms with E-state index in [0.29, 0.717) is 19.2 Å². The zero-order valence-corrected chi connectivity index (χ0v) is 15.2. The maximum atomic E-state index is 12.2. The average molecular weight is 351 g/mol. The molecule has 1 aliphatic carbocycles. The number of aromatic nitrogens is 2. The molecule has 1 aromatic rings. The molecule has 8 heteroatoms. The monoisotopic (exact) mass is 351 g/mol. The van der Waals surface area contributed by atoms with Gasteiger partial charge < -0.3 is 15.4 Å². The smallest absolute Gasteiger partial charge is 0.239 e. The van der Waals surface area contributed by atoms with E-state index in [9.17, 15) is 9.59 Å². The Bertz CT molecular complexity index is 554. The quantitative estimate of drug-likeness (QED) is 0.615. The molecule has 0 aliphatic heterocycles. The summed E-state index contributed by atoms with van der Waals surface area (Å²) in [6, 6.07) is 2.19. The molecule has 1 heterocycles. The van der Waals surface area contributed by atoms with Crippen molar-refractivity contribution in [2.75, 3.05) is 45.7 Å². The lowest BCUT2D eigenvalue weighted by atomic mass is 10.2. The summed E-state index contributed by atoms with van der Waals surface area (Å²) in [7, 11) is 3.38. The van der Waals surface area contributed by atoms with Crippen molar-refractivity contribution in [3.8, 4) is 0 Å². The Morgan fingerprint density at radius 1 is 1.32 bits per heavy atom. The first-order valence-electron chi connectivity index (χ1n) is 8.87. The first-order chi connectivity index (χ1) is 12.1. The Hall–Kier alpha value is -1.93. The van der Waals surface area contributed by atoms with Gasteiger partial charge in [-0.2, -0.15) is 5.10 Å². The maximum Gasteiger partial charge on any atom is 0.239 e. The molecule has 2 rings (SSSR count). The van der Waals surface area contributed by atoms with E-state index in [1.54, 1.807) is 25.3 Å². The second kappa shape index (κ2) is 10.1. The minimum absolute atomic E-state index is 0.0950. The highest BCUT2D eigenvalue weighted by Gasteiger charge is 2.20. The van der Waals surface area contributed by atoms with Gasteiger partial charge in [-0.15, -0.1) is 0 Å². The molecule has 0 atom stereocenters. The van der Waals surface area contributed by atoms with Crippen LogP contribution >= 0.6 is 0 Å². The Labute approximate surface area is 148 Å². The van der Waals surface area contributed by atoms with Crippen molar-refractivity contribution in [2.45, 2.75) is 38.1 Å². The number of hydrogen-bond donors (Lipinski definition) is 2. The van der Waals surface area contributed by atoms with E-state index in [1.165, 1.54) is 12.8 Å². The molecule has 0 spiro atoms. The number of carbonyl (C=O) groups excluding carboxylic acids is 2. The second-order valence-corrected chi connectivity index (χ2v) is 6.52. The standard InChI is InChI=1S/C17H29N5O3/c1-21(12-16(23)18-9-5-11-25-2)13-17(24)20-15-8-10-19-22(15)14-6-3-4-7-14/h8,10,14H,3-7,9,11-13H2,1-2H3,(H,18,23)(H,20,24). The molecular formula is C17H29N5O3. The number of amides is 2. The molecule has 2 N–H and O–H groups in total. The Kier molecular flexibility index (Phi) is 7.87. The molecule has 140 valence electrons. The molecule has 0 aromatic carbocycles. The van der Waals surface area contributed by atoms with Gasteiger partial charge in [0, 0.05) is 26.3 Å². The van der Waals surface area contributed by atoms with E-state index in [-0.39, 0.29) is 24.9 Å². The molecule has 1 aliphatic rings. The highest BCUT2D eigenvalue weighted by atomic mass is 16.5. The summed E-state index contributed by atoms with van der Waals surface area (Å²) in [5, 5.41) is 10.1. The van der Waals surface area contributed by atoms with Crippen molar-refractivity contribution < 1.29 is 14.3 Å². The molecule has 2 amide bonds. The van der Waals surface area contributed by atoms with Crippen LogP contribution in [0.25, 0.3) is 0 Å². The van der Waals surface area contributed by atoms with Gasteiger partial charge in [0.15, 0.2) is 0 Å². The number of likely N-dealkylation sites (N-methyl/N-ethyl adjacent to an activating group) is 1. The van der Waals surface area contributed by atoms with Crippen LogP contribution in [0.3, 0.4) is 0 Å². The maximum absolute atomic E-state index is 12.2. The lowest BCUT2D eigenvalue weighted by Gasteiger charge is -2.18. The first-order valence-corrected chi connectivity index (χ1v) is 8.87. The van der Waals surface area contributed by atoms with Crippen molar-refractivity contribution in [3.05, 3.63) is 12.3 Å². The zero-order valence-electron chi connectivity index (χ0n) is 15.2. The van der Waals surface area contributed by atoms with Gasteiger partial charge in [-0.1, -0.05) is 12.8 Å². The van der Waals surface area contributed by atoms with Crippen LogP contribution in [0.2, 0.25) is 0 Å². The summed E-state index contributed by atoms with van der Waals surface area (Å²) in [6.45, 7) is 1.53. The highest BCUT2D eigenvalue weighted by Crippen LogP contribution is 2.31. The summed E-state index contributed by atoms with van der Waals surface area (Å²) < 4.78 is 6.84. The Morgan fingerprint density at radius 2 is 2.04 bits per heavy atom. The number of anilines is 1. The molecule has 8 nitrogen and oxygen atoms in total. The molecule has 0 radical (unpaired) electrons. The van der Waals surface area contributed by atoms with Crippen LogP contribution in [0.5, 0.6) is 0 Å². The van der Waals surface area contributed by atoms with Gasteiger partial charge in [-0.25, -0.2) is 4.68 Å². The first kappa shape index (κ1) is 19.4. The fourth-order valence-corrected chi connectivity index (χ4v) is 3.08. The van der Waals surface area contributed by atoms with E-state index in [2.05, 4.69) is 15.7 Å². The molecule has 1 saturated carbocycles. The van der Waals surface area contributed by atoms with Gasteiger partial charge in [-0.05, 0) is 26.3 Å². The van der Waals surface area contributed by atoms with Crippen molar-refractivity contribution in [1.82, 2.24) is 20.0 Å². The second-order valence-electron chi connectivity index (χ2n) is 6.52. The molecule has 1 fully saturated rings. The van der Waals surface area contributed by atoms with E-state index in [0.717, 1.165) is 25.1 Å². The molecule has 0 bridgehead atoms. The van der Waals surface area contributed by atoms with Gasteiger partial charge in [0.1, 0.15) is 5.82 Å². The van der Waals surface area contributed by atoms with Crippen LogP contribution in [0.1, 0.15) is 38.1 Å². The van der Waals surface area contributed by atoms with E-state index in [1.807, 2.05) is 10.7 Å². The number of nitrogens with zero attached hydrogens (tertiary/aromatic N) is 3. The number of rotatable bonds is 10. The van der Waals surface area contributed by atoms with Crippen molar-refractivity contribution in [2.24, 2.45) is 0 Å². The van der Waals surface area contributed by atoms with Gasteiger partial charge in [0.05, 0.1) is 25.3 Å². The van der Waals surface area contributed by atoms with Crippen LogP contribution in [0.4, 0.5) is 5.82 Å². The lowest BCUT2D eigenvalue weighted by Crippen LogP contribution is -2.39. The molecule has 25 heavy (non-hydrogen) atoms. The van der Waals surface area contributed by atoms with Crippen LogP contribution in [-0.2, 0) is 14.3 Å². The predicted molar refractivity (Wildman–Crippen MR) is 95.4 cm³/mol. The zero-order chi connectivity index (χ0) is 18.1. The third-order valence-corrected chi connectivity index (χ3v) is 4.28. The van der Waals surface area contributed by atoms with Crippen LogP contribution in [-0.4, -0.2) is 66.9 Å². The van der Waals surface area contributed by atoms with Crippen molar-refractivity contribution in [3.63, 3.8) is 0 Å². The van der Waals surface area contributed by atoms with E-state index >= 15 is 0 Å². The van der Waals surface area contributed by atoms with Gasteiger partial charge in [-0.3, -0.25) is 14.5 Å². The minimum atomic E-state index is -0.144. The minimum Gasteiger partial charge on any atom is -0.385 e. The summed E-state index contributed by atoms with van der Waals surface area (Å²) in [4.78, 5) is 25.7. The molecule has 0 unspecified atom stereocenters. The van der Waals surface area contributed by atoms with Crippen LogP contribution in [0.15, 0.2) is 12.3 Å². The van der Waals surface area contributed by atoms with Gasteiger partial charge >= 0.3 is 0 Å². The largest absolute Gasteiger partial charge is 0.385 e. The molecule has 1 aromatic heterocycles. The van der Waals surface area contributed by atoms with Crippen LogP contribution < -0.4 is 10.6 Å². The van der Waals surface area contributed by atoms with Gasteiger partial charge in [0.2, 0.25) is 11.8 Å². The van der Waals surface area contributed by atoms with E-state index < -0.39 is 0 Å². The third kappa shape index (κ3) is 6.47. The van der Waals surface area contributed by atoms with Gasteiger partial charge in [0.25, 0.3) is 0 Å². The fourth-order valence-electron chi connectivity index (χ4n) is 3.08. The summed E-state index contributed by atoms with van der Waals surface area (Å²) in [6.07, 6.45) is 7.12. The summed E-state index contributed by atoms with van der Waals surface area (Å²) in [5.74, 6) is 0.492. The lowest BCUT2D eigenvalue weighted by molar-refractivity contribution is -0.123. The number of hydrogen-bond acceptors (Lipinski definition) is 5. The highest BCUT2D eigenvalue weighted by molar-refractivity contribution is 5.91. The summed E-state index contributed by atoms with van der Waals surface area (Å²) in [5.41, 5.74) is 0. The SMILES string of the molecule is COCCCNC(=O)CN(C)CC(=O)Nc1ccnn1C1CCCC1. The Morgan fingerprint density at radius 3 is 2.76 bits per heavy atom. The van der Waals surface area contributed by atoms with Crippen molar-refractivity contribution in [1.29, 1.82) is 0 Å².